The molecule has 2 aromatic carbocycles. The zero-order valence-electron chi connectivity index (χ0n) is 17.4. The van der Waals surface area contributed by atoms with Crippen molar-refractivity contribution in [2.75, 3.05) is 6.61 Å². The molecular weight excluding hydrogens is 476 g/mol. The van der Waals surface area contributed by atoms with Gasteiger partial charge in [-0.1, -0.05) is 60.7 Å². The molecule has 2 N–H and O–H groups in total. The molecule has 7 nitrogen and oxygen atoms in total. The van der Waals surface area contributed by atoms with Crippen molar-refractivity contribution in [1.82, 2.24) is 9.55 Å². The third kappa shape index (κ3) is 5.27. The molecule has 0 radical (unpaired) electrons. The van der Waals surface area contributed by atoms with Crippen molar-refractivity contribution in [2.45, 2.75) is 37.9 Å². The van der Waals surface area contributed by atoms with Crippen LogP contribution in [0.15, 0.2) is 80.9 Å². The number of nitrogens with one attached hydrogen (secondary N) is 1. The smallest absolute Gasteiger partial charge is 0.328 e. The molecule has 1 fully saturated rings. The van der Waals surface area contributed by atoms with Crippen molar-refractivity contribution in [3.05, 3.63) is 103 Å². The predicted molar refractivity (Wildman–Crippen MR) is 123 cm³/mol. The minimum absolute atomic E-state index is 0.231. The Kier molecular flexibility index (Phi) is 7.36. The lowest BCUT2D eigenvalue weighted by molar-refractivity contribution is -0.0476. The van der Waals surface area contributed by atoms with E-state index in [1.165, 1.54) is 10.8 Å². The average Bonchev–Trinajstić information content (AvgIpc) is 3.11. The molecule has 0 amide bonds. The molecule has 168 valence electrons. The number of aliphatic hydroxyl groups is 1. The zero-order valence-corrected chi connectivity index (χ0v) is 19.0. The predicted octanol–water partition coefficient (Wildman–Crippen LogP) is 3.02. The summed E-state index contributed by atoms with van der Waals surface area (Å²) >= 11 is 3.17. The Hall–Kier alpha value is -2.52. The van der Waals surface area contributed by atoms with E-state index in [4.69, 9.17) is 9.47 Å². The minimum atomic E-state index is -0.873. The number of benzene rings is 2. The number of aromatic amines is 1. The minimum Gasteiger partial charge on any atom is -0.390 e. The number of aliphatic hydroxyl groups excluding tert-OH is 1. The van der Waals surface area contributed by atoms with Gasteiger partial charge in [0.25, 0.3) is 5.56 Å². The van der Waals surface area contributed by atoms with E-state index < -0.39 is 23.4 Å². The summed E-state index contributed by atoms with van der Waals surface area (Å²) in [6.45, 7) is 1.10. The van der Waals surface area contributed by atoms with E-state index in [2.05, 4.69) is 20.9 Å². The molecule has 32 heavy (non-hydrogen) atoms. The highest BCUT2D eigenvalue weighted by atomic mass is 79.9. The third-order valence-corrected chi connectivity index (χ3v) is 6.36. The molecule has 0 unspecified atom stereocenters. The Bertz CT molecular complexity index is 1130. The molecule has 0 spiro atoms. The van der Waals surface area contributed by atoms with E-state index in [-0.39, 0.29) is 23.1 Å². The van der Waals surface area contributed by atoms with Crippen molar-refractivity contribution >= 4 is 15.9 Å². The molecule has 0 bridgehead atoms. The standard InChI is InChI=1S/C24H25BrN2O5/c25-19-12-27(24(30)26-23(19)29)20-11-21(32-14-17-9-5-2-6-10-17)18(22(20)28)15-31-13-16-7-3-1-4-8-16/h1-10,12,18,20-22,28H,11,13-15H2,(H,26,29,30)/t18-,20+,21+,22-/m0/s1. The number of nitrogens with zero attached hydrogens (tertiary/aromatic N) is 1. The van der Waals surface area contributed by atoms with Gasteiger partial charge >= 0.3 is 5.69 Å². The molecular formula is C24H25BrN2O5. The molecule has 0 aliphatic heterocycles. The van der Waals surface area contributed by atoms with Crippen molar-refractivity contribution in [2.24, 2.45) is 5.92 Å². The zero-order chi connectivity index (χ0) is 22.5. The number of halogens is 1. The van der Waals surface area contributed by atoms with Gasteiger partial charge in [-0.25, -0.2) is 4.79 Å². The molecule has 1 heterocycles. The summed E-state index contributed by atoms with van der Waals surface area (Å²) in [6, 6.07) is 19.1. The highest BCUT2D eigenvalue weighted by Gasteiger charge is 2.44. The van der Waals surface area contributed by atoms with Gasteiger partial charge in [0.05, 0.1) is 42.5 Å². The van der Waals surface area contributed by atoms with Crippen molar-refractivity contribution < 1.29 is 14.6 Å². The van der Waals surface area contributed by atoms with E-state index >= 15 is 0 Å². The van der Waals surface area contributed by atoms with Crippen LogP contribution in [-0.2, 0) is 22.7 Å². The van der Waals surface area contributed by atoms with Crippen LogP contribution in [0.5, 0.6) is 0 Å². The summed E-state index contributed by atoms with van der Waals surface area (Å²) < 4.78 is 13.7. The molecule has 1 aliphatic carbocycles. The van der Waals surface area contributed by atoms with Gasteiger partial charge in [-0.3, -0.25) is 14.3 Å². The summed E-state index contributed by atoms with van der Waals surface area (Å²) in [5, 5.41) is 11.1. The topological polar surface area (TPSA) is 93.6 Å². The van der Waals surface area contributed by atoms with Crippen LogP contribution in [-0.4, -0.2) is 33.5 Å². The van der Waals surface area contributed by atoms with E-state index in [0.29, 0.717) is 19.6 Å². The first kappa shape index (κ1) is 22.7. The van der Waals surface area contributed by atoms with Crippen molar-refractivity contribution in [1.29, 1.82) is 0 Å². The fraction of sp³-hybridized carbons (Fsp3) is 0.333. The third-order valence-electron chi connectivity index (χ3n) is 5.79. The summed E-state index contributed by atoms with van der Waals surface area (Å²) in [7, 11) is 0. The maximum atomic E-state index is 12.4. The summed E-state index contributed by atoms with van der Waals surface area (Å²) in [5.74, 6) is -0.329. The fourth-order valence-electron chi connectivity index (χ4n) is 4.10. The lowest BCUT2D eigenvalue weighted by Gasteiger charge is -2.23. The van der Waals surface area contributed by atoms with Crippen LogP contribution in [0, 0.1) is 5.92 Å². The number of rotatable bonds is 8. The van der Waals surface area contributed by atoms with Crippen LogP contribution in [0.4, 0.5) is 0 Å². The number of hydrogen-bond donors (Lipinski definition) is 2. The van der Waals surface area contributed by atoms with Gasteiger partial charge in [-0.15, -0.1) is 0 Å². The van der Waals surface area contributed by atoms with E-state index in [1.807, 2.05) is 60.7 Å². The Labute approximate surface area is 193 Å². The Morgan fingerprint density at radius 3 is 2.28 bits per heavy atom. The largest absolute Gasteiger partial charge is 0.390 e. The highest BCUT2D eigenvalue weighted by molar-refractivity contribution is 9.10. The quantitative estimate of drug-likeness (QED) is 0.495. The SMILES string of the molecule is O=c1[nH]c(=O)n([C@@H]2C[C@@H](OCc3ccccc3)[C@H](COCc3ccccc3)[C@@H]2O)cc1Br. The Morgan fingerprint density at radius 1 is 1.00 bits per heavy atom. The van der Waals surface area contributed by atoms with E-state index in [9.17, 15) is 14.7 Å². The van der Waals surface area contributed by atoms with Crippen LogP contribution < -0.4 is 11.2 Å². The normalized spacial score (nSPS) is 22.8. The van der Waals surface area contributed by atoms with Gasteiger partial charge in [0.2, 0.25) is 0 Å². The number of aromatic nitrogens is 2. The molecule has 0 saturated heterocycles. The lowest BCUT2D eigenvalue weighted by Crippen LogP contribution is -2.37. The monoisotopic (exact) mass is 500 g/mol. The second-order valence-corrected chi connectivity index (χ2v) is 8.79. The van der Waals surface area contributed by atoms with Crippen LogP contribution in [0.3, 0.4) is 0 Å². The van der Waals surface area contributed by atoms with Crippen molar-refractivity contribution in [3.63, 3.8) is 0 Å². The van der Waals surface area contributed by atoms with E-state index in [1.54, 1.807) is 0 Å². The van der Waals surface area contributed by atoms with Crippen LogP contribution in [0.2, 0.25) is 0 Å². The lowest BCUT2D eigenvalue weighted by atomic mass is 10.0. The van der Waals surface area contributed by atoms with Crippen LogP contribution in [0.25, 0.3) is 0 Å². The first-order valence-corrected chi connectivity index (χ1v) is 11.3. The summed E-state index contributed by atoms with van der Waals surface area (Å²) in [4.78, 5) is 26.4. The van der Waals surface area contributed by atoms with Gasteiger partial charge in [0.1, 0.15) is 0 Å². The molecule has 1 aliphatic rings. The first-order valence-electron chi connectivity index (χ1n) is 10.5. The number of H-pyrrole nitrogens is 1. The maximum absolute atomic E-state index is 12.4. The highest BCUT2D eigenvalue weighted by Crippen LogP contribution is 2.37. The molecule has 4 atom stereocenters. The average molecular weight is 501 g/mol. The molecule has 8 heteroatoms. The molecule has 1 saturated carbocycles. The number of ether oxygens (including phenoxy) is 2. The van der Waals surface area contributed by atoms with Crippen LogP contribution >= 0.6 is 15.9 Å². The second-order valence-electron chi connectivity index (χ2n) is 7.94. The van der Waals surface area contributed by atoms with Crippen LogP contribution in [0.1, 0.15) is 23.6 Å². The summed E-state index contributed by atoms with van der Waals surface area (Å²) in [6.07, 6.45) is 0.660. The Morgan fingerprint density at radius 2 is 1.62 bits per heavy atom. The van der Waals surface area contributed by atoms with Gasteiger partial charge in [0, 0.05) is 12.1 Å². The van der Waals surface area contributed by atoms with Gasteiger partial charge < -0.3 is 14.6 Å². The fourth-order valence-corrected chi connectivity index (χ4v) is 4.42. The second kappa shape index (κ2) is 10.4. The van der Waals surface area contributed by atoms with Gasteiger partial charge in [0.15, 0.2) is 0 Å². The first-order chi connectivity index (χ1) is 15.5. The van der Waals surface area contributed by atoms with Gasteiger partial charge in [-0.05, 0) is 33.5 Å². The number of hydrogen-bond acceptors (Lipinski definition) is 5. The Balaban J connectivity index is 1.51. The molecule has 4 rings (SSSR count). The molecule has 1 aromatic heterocycles. The molecule has 3 aromatic rings. The summed E-state index contributed by atoms with van der Waals surface area (Å²) in [5.41, 5.74) is 1.01. The van der Waals surface area contributed by atoms with Crippen molar-refractivity contribution in [3.8, 4) is 0 Å². The maximum Gasteiger partial charge on any atom is 0.328 e. The van der Waals surface area contributed by atoms with E-state index in [0.717, 1.165) is 11.1 Å². The van der Waals surface area contributed by atoms with Gasteiger partial charge in [-0.2, -0.15) is 0 Å².